The largest absolute Gasteiger partial charge is 0.480 e. The van der Waals surface area contributed by atoms with E-state index in [1.165, 1.54) is 6.42 Å². The molecule has 2 aliphatic rings. The number of nitrogens with one attached hydrogen (secondary N) is 1. The van der Waals surface area contributed by atoms with Gasteiger partial charge in [0, 0.05) is 6.61 Å². The Kier molecular flexibility index (Phi) is 4.22. The quantitative estimate of drug-likeness (QED) is 0.743. The first kappa shape index (κ1) is 13.3. The van der Waals surface area contributed by atoms with E-state index in [1.54, 1.807) is 0 Å². The summed E-state index contributed by atoms with van der Waals surface area (Å²) >= 11 is 0. The van der Waals surface area contributed by atoms with Crippen molar-refractivity contribution < 1.29 is 19.4 Å². The summed E-state index contributed by atoms with van der Waals surface area (Å²) in [4.78, 5) is 21.7. The molecule has 2 unspecified atom stereocenters. The molecule has 1 aliphatic heterocycles. The predicted octanol–water partition coefficient (Wildman–Crippen LogP) is 1.32. The molecule has 1 heterocycles. The first-order valence-electron chi connectivity index (χ1n) is 6.73. The highest BCUT2D eigenvalue weighted by molar-refractivity contribution is 5.76. The van der Waals surface area contributed by atoms with E-state index < -0.39 is 12.0 Å². The Hall–Kier alpha value is -1.10. The number of carboxylic acids is 1. The molecule has 2 fully saturated rings. The number of ether oxygens (including phenoxy) is 1. The monoisotopic (exact) mass is 255 g/mol. The van der Waals surface area contributed by atoms with E-state index in [9.17, 15) is 14.7 Å². The molecule has 102 valence electrons. The molecule has 1 spiro atoms. The molecule has 1 saturated heterocycles. The third-order valence-corrected chi connectivity index (χ3v) is 4.28. The van der Waals surface area contributed by atoms with E-state index in [0.717, 1.165) is 32.1 Å². The number of carbonyl (C=O) groups is 2. The van der Waals surface area contributed by atoms with Gasteiger partial charge in [0.1, 0.15) is 6.04 Å². The Balaban J connectivity index is 2.04. The number of carboxylic acid groups (broad SMARTS) is 1. The predicted molar refractivity (Wildman–Crippen MR) is 65.1 cm³/mol. The number of hydrogen-bond donors (Lipinski definition) is 2. The summed E-state index contributed by atoms with van der Waals surface area (Å²) in [6.07, 6.45) is 7.56. The lowest BCUT2D eigenvalue weighted by Crippen LogP contribution is -2.50. The van der Waals surface area contributed by atoms with Gasteiger partial charge in [-0.05, 0) is 31.6 Å². The van der Waals surface area contributed by atoms with Crippen LogP contribution in [0.4, 0.5) is 0 Å². The van der Waals surface area contributed by atoms with Crippen LogP contribution in [0.3, 0.4) is 0 Å². The van der Waals surface area contributed by atoms with E-state index >= 15 is 0 Å². The maximum atomic E-state index is 11.2. The Bertz CT molecular complexity index is 307. The fourth-order valence-electron chi connectivity index (χ4n) is 3.38. The van der Waals surface area contributed by atoms with E-state index in [-0.39, 0.29) is 11.5 Å². The molecule has 5 heteroatoms. The zero-order valence-corrected chi connectivity index (χ0v) is 10.6. The van der Waals surface area contributed by atoms with Crippen molar-refractivity contribution in [2.24, 2.45) is 5.92 Å². The molecule has 1 amide bonds. The van der Waals surface area contributed by atoms with Crippen molar-refractivity contribution in [2.45, 2.75) is 56.6 Å². The van der Waals surface area contributed by atoms with Gasteiger partial charge in [0.15, 0.2) is 0 Å². The van der Waals surface area contributed by atoms with Crippen LogP contribution in [-0.4, -0.2) is 35.7 Å². The summed E-state index contributed by atoms with van der Waals surface area (Å²) in [5.41, 5.74) is -0.126. The van der Waals surface area contributed by atoms with Crippen LogP contribution in [0.1, 0.15) is 44.9 Å². The maximum Gasteiger partial charge on any atom is 0.326 e. The van der Waals surface area contributed by atoms with Gasteiger partial charge < -0.3 is 15.2 Å². The first-order valence-corrected chi connectivity index (χ1v) is 6.73. The second kappa shape index (κ2) is 5.69. The molecule has 2 rings (SSSR count). The highest BCUT2D eigenvalue weighted by atomic mass is 16.5. The molecule has 0 radical (unpaired) electrons. The van der Waals surface area contributed by atoms with Gasteiger partial charge in [0.25, 0.3) is 0 Å². The average molecular weight is 255 g/mol. The van der Waals surface area contributed by atoms with Gasteiger partial charge in [-0.1, -0.05) is 19.3 Å². The van der Waals surface area contributed by atoms with Gasteiger partial charge in [-0.2, -0.15) is 0 Å². The van der Waals surface area contributed by atoms with Crippen LogP contribution < -0.4 is 5.32 Å². The third kappa shape index (κ3) is 2.83. The zero-order chi connectivity index (χ0) is 13.0. The van der Waals surface area contributed by atoms with Gasteiger partial charge in [0.2, 0.25) is 6.41 Å². The zero-order valence-electron chi connectivity index (χ0n) is 10.6. The highest BCUT2D eigenvalue weighted by Crippen LogP contribution is 2.41. The number of carbonyl (C=O) groups excluding carboxylic acids is 1. The summed E-state index contributed by atoms with van der Waals surface area (Å²) in [6.45, 7) is 0.606. The lowest BCUT2D eigenvalue weighted by Gasteiger charge is -2.44. The third-order valence-electron chi connectivity index (χ3n) is 4.28. The van der Waals surface area contributed by atoms with Crippen LogP contribution in [0, 0.1) is 5.92 Å². The molecule has 1 saturated carbocycles. The minimum atomic E-state index is -0.944. The smallest absolute Gasteiger partial charge is 0.326 e. The highest BCUT2D eigenvalue weighted by Gasteiger charge is 2.42. The minimum Gasteiger partial charge on any atom is -0.480 e. The topological polar surface area (TPSA) is 75.6 Å². The molecule has 0 aromatic rings. The summed E-state index contributed by atoms with van der Waals surface area (Å²) in [5, 5.41) is 11.6. The Morgan fingerprint density at radius 2 is 2.11 bits per heavy atom. The van der Waals surface area contributed by atoms with Gasteiger partial charge in [-0.25, -0.2) is 4.79 Å². The number of rotatable bonds is 4. The average Bonchev–Trinajstić information content (AvgIpc) is 2.36. The van der Waals surface area contributed by atoms with Gasteiger partial charge in [-0.3, -0.25) is 4.79 Å². The molecule has 0 aromatic carbocycles. The molecular formula is C13H21NO4. The van der Waals surface area contributed by atoms with Crippen LogP contribution in [0.25, 0.3) is 0 Å². The number of hydrogen-bond acceptors (Lipinski definition) is 3. The van der Waals surface area contributed by atoms with E-state index in [0.29, 0.717) is 19.4 Å². The minimum absolute atomic E-state index is 0.0143. The normalized spacial score (nSPS) is 28.6. The van der Waals surface area contributed by atoms with Crippen molar-refractivity contribution >= 4 is 12.4 Å². The van der Waals surface area contributed by atoms with Crippen molar-refractivity contribution in [1.29, 1.82) is 0 Å². The SMILES string of the molecule is O=CNC(C(=O)O)C1CCOC2(CCCCC2)C1. The summed E-state index contributed by atoms with van der Waals surface area (Å²) in [6, 6.07) is -0.773. The fourth-order valence-corrected chi connectivity index (χ4v) is 3.38. The summed E-state index contributed by atoms with van der Waals surface area (Å²) in [5.74, 6) is -0.959. The standard InChI is InChI=1S/C13H21NO4/c15-9-14-11(12(16)17)10-4-7-18-13(8-10)5-2-1-3-6-13/h9-11H,1-8H2,(H,14,15)(H,16,17). The first-order chi connectivity index (χ1) is 8.67. The summed E-state index contributed by atoms with van der Waals surface area (Å²) in [7, 11) is 0. The van der Waals surface area contributed by atoms with Crippen LogP contribution in [0.15, 0.2) is 0 Å². The molecule has 2 N–H and O–H groups in total. The molecule has 2 atom stereocenters. The number of amides is 1. The van der Waals surface area contributed by atoms with Crippen molar-refractivity contribution in [2.75, 3.05) is 6.61 Å². The molecule has 18 heavy (non-hydrogen) atoms. The second-order valence-corrected chi connectivity index (χ2v) is 5.45. The van der Waals surface area contributed by atoms with Gasteiger partial charge in [0.05, 0.1) is 5.60 Å². The number of aliphatic carboxylic acids is 1. The maximum absolute atomic E-state index is 11.2. The van der Waals surface area contributed by atoms with Crippen LogP contribution >= 0.6 is 0 Å². The molecule has 5 nitrogen and oxygen atoms in total. The lowest BCUT2D eigenvalue weighted by molar-refractivity contribution is -0.150. The van der Waals surface area contributed by atoms with Crippen LogP contribution in [0.5, 0.6) is 0 Å². The van der Waals surface area contributed by atoms with E-state index in [2.05, 4.69) is 5.32 Å². The van der Waals surface area contributed by atoms with Gasteiger partial charge in [-0.15, -0.1) is 0 Å². The van der Waals surface area contributed by atoms with Crippen molar-refractivity contribution in [3.05, 3.63) is 0 Å². The van der Waals surface area contributed by atoms with E-state index in [1.807, 2.05) is 0 Å². The lowest BCUT2D eigenvalue weighted by atomic mass is 9.74. The van der Waals surface area contributed by atoms with Crippen molar-refractivity contribution in [3.63, 3.8) is 0 Å². The van der Waals surface area contributed by atoms with Crippen molar-refractivity contribution in [1.82, 2.24) is 5.32 Å². The van der Waals surface area contributed by atoms with Crippen LogP contribution in [-0.2, 0) is 14.3 Å². The molecular weight excluding hydrogens is 234 g/mol. The molecule has 1 aliphatic carbocycles. The molecule has 0 bridgehead atoms. The van der Waals surface area contributed by atoms with Gasteiger partial charge >= 0.3 is 5.97 Å². The Morgan fingerprint density at radius 1 is 1.39 bits per heavy atom. The fraction of sp³-hybridized carbons (Fsp3) is 0.846. The molecule has 0 aromatic heterocycles. The second-order valence-electron chi connectivity index (χ2n) is 5.45. The van der Waals surface area contributed by atoms with Crippen molar-refractivity contribution in [3.8, 4) is 0 Å². The summed E-state index contributed by atoms with van der Waals surface area (Å²) < 4.78 is 5.94. The Labute approximate surface area is 107 Å². The van der Waals surface area contributed by atoms with Crippen LogP contribution in [0.2, 0.25) is 0 Å². The Morgan fingerprint density at radius 3 is 2.72 bits per heavy atom. The van der Waals surface area contributed by atoms with E-state index in [4.69, 9.17) is 4.74 Å².